The maximum absolute atomic E-state index is 12.4. The number of nitrogens with two attached hydrogens (primary N) is 1. The Morgan fingerprint density at radius 2 is 2.16 bits per heavy atom. The smallest absolute Gasteiger partial charge is 0.273 e. The van der Waals surface area contributed by atoms with Gasteiger partial charge in [0.05, 0.1) is 18.8 Å². The Kier molecular flexibility index (Phi) is 6.08. The minimum absolute atomic E-state index is 0.122. The minimum Gasteiger partial charge on any atom is -0.349 e. The minimum atomic E-state index is -0.214. The van der Waals surface area contributed by atoms with E-state index in [1.165, 1.54) is 19.3 Å². The molecule has 1 aliphatic rings. The Balaban J connectivity index is 1.66. The number of hydrogen-bond donors (Lipinski definition) is 2. The number of hydrogen-bond acceptors (Lipinski definition) is 6. The lowest BCUT2D eigenvalue weighted by Gasteiger charge is -2.34. The number of nitrogens with zero attached hydrogens (tertiary/aromatic N) is 5. The van der Waals surface area contributed by atoms with Crippen LogP contribution in [0.2, 0.25) is 0 Å². The van der Waals surface area contributed by atoms with Gasteiger partial charge in [-0.25, -0.2) is 0 Å². The van der Waals surface area contributed by atoms with Crippen LogP contribution < -0.4 is 11.1 Å². The highest BCUT2D eigenvalue weighted by atomic mass is 16.2. The molecule has 1 saturated heterocycles. The zero-order valence-corrected chi connectivity index (χ0v) is 14.3. The number of amides is 1. The van der Waals surface area contributed by atoms with Crippen LogP contribution in [-0.4, -0.2) is 57.0 Å². The molecule has 0 unspecified atom stereocenters. The second-order valence-corrected chi connectivity index (χ2v) is 6.26. The van der Waals surface area contributed by atoms with Crippen LogP contribution in [0.4, 0.5) is 0 Å². The average Bonchev–Trinajstić information content (AvgIpc) is 3.13. The number of piperidine rings is 1. The average molecular weight is 343 g/mol. The molecule has 1 fully saturated rings. The van der Waals surface area contributed by atoms with E-state index in [1.807, 2.05) is 12.3 Å². The molecule has 1 amide bonds. The summed E-state index contributed by atoms with van der Waals surface area (Å²) in [5, 5.41) is 10.8. The molecule has 3 heterocycles. The van der Waals surface area contributed by atoms with E-state index in [-0.39, 0.29) is 11.9 Å². The molecule has 134 valence electrons. The first-order chi connectivity index (χ1) is 12.3. The fourth-order valence-electron chi connectivity index (χ4n) is 3.18. The Morgan fingerprint density at radius 1 is 1.32 bits per heavy atom. The standard InChI is InChI=1S/C17H25N7O/c18-6-10-24-13-15(21-22-24)17(25)20-12-16(14-5-4-7-19-11-14)23-8-2-1-3-9-23/h4-5,7,11,13,16H,1-3,6,8-10,12,18H2,(H,20,25)/t16-/m1/s1. The topological polar surface area (TPSA) is 102 Å². The zero-order valence-electron chi connectivity index (χ0n) is 14.3. The van der Waals surface area contributed by atoms with Gasteiger partial charge in [0.25, 0.3) is 5.91 Å². The van der Waals surface area contributed by atoms with Crippen molar-refractivity contribution in [3.8, 4) is 0 Å². The van der Waals surface area contributed by atoms with Gasteiger partial charge in [0.15, 0.2) is 5.69 Å². The van der Waals surface area contributed by atoms with E-state index in [0.29, 0.717) is 25.3 Å². The van der Waals surface area contributed by atoms with Gasteiger partial charge in [-0.3, -0.25) is 19.4 Å². The van der Waals surface area contributed by atoms with Gasteiger partial charge in [0.2, 0.25) is 0 Å². The summed E-state index contributed by atoms with van der Waals surface area (Å²) in [4.78, 5) is 19.0. The summed E-state index contributed by atoms with van der Waals surface area (Å²) in [6.45, 7) is 3.62. The van der Waals surface area contributed by atoms with Crippen LogP contribution in [0.1, 0.15) is 41.4 Å². The molecule has 0 aliphatic carbocycles. The van der Waals surface area contributed by atoms with Crippen LogP contribution in [-0.2, 0) is 6.54 Å². The van der Waals surface area contributed by atoms with Gasteiger partial charge in [-0.1, -0.05) is 17.7 Å². The summed E-state index contributed by atoms with van der Waals surface area (Å²) in [6, 6.07) is 4.12. The van der Waals surface area contributed by atoms with Crippen molar-refractivity contribution in [1.82, 2.24) is 30.2 Å². The second kappa shape index (κ2) is 8.68. The first-order valence-corrected chi connectivity index (χ1v) is 8.80. The van der Waals surface area contributed by atoms with Crippen LogP contribution in [0.15, 0.2) is 30.7 Å². The molecule has 3 N–H and O–H groups in total. The molecule has 3 rings (SSSR count). The number of nitrogens with one attached hydrogen (secondary N) is 1. The lowest BCUT2D eigenvalue weighted by Crippen LogP contribution is -2.40. The predicted octanol–water partition coefficient (Wildman–Crippen LogP) is 0.589. The van der Waals surface area contributed by atoms with E-state index in [2.05, 4.69) is 31.6 Å². The number of likely N-dealkylation sites (tertiary alicyclic amines) is 1. The molecule has 8 nitrogen and oxygen atoms in total. The van der Waals surface area contributed by atoms with Crippen LogP contribution in [0, 0.1) is 0 Å². The first kappa shape index (κ1) is 17.5. The number of aromatic nitrogens is 4. The van der Waals surface area contributed by atoms with Gasteiger partial charge in [-0.2, -0.15) is 0 Å². The summed E-state index contributed by atoms with van der Waals surface area (Å²) in [6.07, 6.45) is 8.93. The zero-order chi connectivity index (χ0) is 17.5. The highest BCUT2D eigenvalue weighted by Gasteiger charge is 2.23. The van der Waals surface area contributed by atoms with Gasteiger partial charge in [-0.05, 0) is 37.6 Å². The normalized spacial score (nSPS) is 16.5. The van der Waals surface area contributed by atoms with E-state index in [1.54, 1.807) is 17.1 Å². The number of carbonyl (C=O) groups excluding carboxylic acids is 1. The summed E-state index contributed by atoms with van der Waals surface area (Å²) in [5.74, 6) is -0.214. The second-order valence-electron chi connectivity index (χ2n) is 6.26. The van der Waals surface area contributed by atoms with E-state index in [0.717, 1.165) is 18.7 Å². The molecule has 0 aromatic carbocycles. The lowest BCUT2D eigenvalue weighted by molar-refractivity contribution is 0.0919. The lowest BCUT2D eigenvalue weighted by atomic mass is 10.0. The first-order valence-electron chi connectivity index (χ1n) is 8.80. The molecule has 25 heavy (non-hydrogen) atoms. The molecule has 1 aliphatic heterocycles. The third-order valence-corrected chi connectivity index (χ3v) is 4.49. The van der Waals surface area contributed by atoms with Crippen molar-refractivity contribution < 1.29 is 4.79 Å². The SMILES string of the molecule is NCCn1cc(C(=O)NC[C@H](c2cccnc2)N2CCCCC2)nn1. The third-order valence-electron chi connectivity index (χ3n) is 4.49. The van der Waals surface area contributed by atoms with Crippen LogP contribution >= 0.6 is 0 Å². The molecule has 2 aromatic heterocycles. The summed E-state index contributed by atoms with van der Waals surface area (Å²) < 4.78 is 1.58. The van der Waals surface area contributed by atoms with Crippen molar-refractivity contribution in [3.05, 3.63) is 42.0 Å². The molecular weight excluding hydrogens is 318 g/mol. The van der Waals surface area contributed by atoms with Gasteiger partial charge < -0.3 is 11.1 Å². The number of carbonyl (C=O) groups is 1. The molecule has 0 saturated carbocycles. The number of pyridine rings is 1. The molecule has 0 radical (unpaired) electrons. The van der Waals surface area contributed by atoms with Gasteiger partial charge >= 0.3 is 0 Å². The summed E-state index contributed by atoms with van der Waals surface area (Å²) in [7, 11) is 0. The van der Waals surface area contributed by atoms with Gasteiger partial charge in [0.1, 0.15) is 0 Å². The highest BCUT2D eigenvalue weighted by Crippen LogP contribution is 2.23. The van der Waals surface area contributed by atoms with Crippen molar-refractivity contribution >= 4 is 5.91 Å². The number of rotatable bonds is 7. The largest absolute Gasteiger partial charge is 0.349 e. The Bertz CT molecular complexity index is 667. The van der Waals surface area contributed by atoms with Crippen LogP contribution in [0.25, 0.3) is 0 Å². The van der Waals surface area contributed by atoms with Crippen molar-refractivity contribution in [1.29, 1.82) is 0 Å². The van der Waals surface area contributed by atoms with E-state index in [9.17, 15) is 4.79 Å². The van der Waals surface area contributed by atoms with Crippen molar-refractivity contribution in [2.75, 3.05) is 26.2 Å². The molecule has 1 atom stereocenters. The molecule has 0 bridgehead atoms. The maximum Gasteiger partial charge on any atom is 0.273 e. The summed E-state index contributed by atoms with van der Waals surface area (Å²) >= 11 is 0. The Labute approximate surface area is 147 Å². The van der Waals surface area contributed by atoms with Crippen LogP contribution in [0.5, 0.6) is 0 Å². The van der Waals surface area contributed by atoms with E-state index >= 15 is 0 Å². The van der Waals surface area contributed by atoms with Crippen molar-refractivity contribution in [2.24, 2.45) is 5.73 Å². The summed E-state index contributed by atoms with van der Waals surface area (Å²) in [5.41, 5.74) is 6.93. The van der Waals surface area contributed by atoms with E-state index in [4.69, 9.17) is 5.73 Å². The molecule has 0 spiro atoms. The quantitative estimate of drug-likeness (QED) is 0.763. The van der Waals surface area contributed by atoms with Crippen molar-refractivity contribution in [3.63, 3.8) is 0 Å². The fourth-order valence-corrected chi connectivity index (χ4v) is 3.18. The molecular formula is C17H25N7O. The predicted molar refractivity (Wildman–Crippen MR) is 93.8 cm³/mol. The van der Waals surface area contributed by atoms with Crippen molar-refractivity contribution in [2.45, 2.75) is 31.8 Å². The maximum atomic E-state index is 12.4. The Morgan fingerprint density at radius 3 is 2.88 bits per heavy atom. The monoisotopic (exact) mass is 343 g/mol. The van der Waals surface area contributed by atoms with Gasteiger partial charge in [-0.15, -0.1) is 5.10 Å². The molecule has 2 aromatic rings. The molecule has 8 heteroatoms. The third kappa shape index (κ3) is 4.61. The highest BCUT2D eigenvalue weighted by molar-refractivity contribution is 5.91. The van der Waals surface area contributed by atoms with Crippen LogP contribution in [0.3, 0.4) is 0 Å². The van der Waals surface area contributed by atoms with E-state index < -0.39 is 0 Å². The fraction of sp³-hybridized carbons (Fsp3) is 0.529. The van der Waals surface area contributed by atoms with Gasteiger partial charge in [0, 0.05) is 25.5 Å². The Hall–Kier alpha value is -2.32.